The third-order valence-electron chi connectivity index (χ3n) is 3.52. The van der Waals surface area contributed by atoms with Crippen molar-refractivity contribution < 1.29 is 19.0 Å². The first-order valence-corrected chi connectivity index (χ1v) is 8.78. The predicted octanol–water partition coefficient (Wildman–Crippen LogP) is 2.93. The molecule has 8 heteroatoms. The molecular weight excluding hydrogens is 348 g/mol. The Morgan fingerprint density at radius 3 is 2.44 bits per heavy atom. The Kier molecular flexibility index (Phi) is 8.21. The molecule has 0 radical (unpaired) electrons. The minimum absolute atomic E-state index is 0.119. The number of nitrogens with zero attached hydrogens (tertiary/aromatic N) is 2. The van der Waals surface area contributed by atoms with Crippen molar-refractivity contribution in [3.05, 3.63) is 18.2 Å². The lowest BCUT2D eigenvalue weighted by molar-refractivity contribution is 0.0279. The van der Waals surface area contributed by atoms with E-state index in [-0.39, 0.29) is 18.0 Å². The lowest BCUT2D eigenvalue weighted by Gasteiger charge is -2.26. The third-order valence-corrected chi connectivity index (χ3v) is 3.52. The number of anilines is 1. The van der Waals surface area contributed by atoms with E-state index in [0.717, 1.165) is 5.69 Å². The molecule has 0 aliphatic rings. The minimum Gasteiger partial charge on any atom is -0.493 e. The molecule has 152 valence electrons. The molecule has 1 unspecified atom stereocenters. The summed E-state index contributed by atoms with van der Waals surface area (Å²) in [7, 11) is 4.86. The summed E-state index contributed by atoms with van der Waals surface area (Å²) in [6.45, 7) is 8.50. The van der Waals surface area contributed by atoms with Gasteiger partial charge in [-0.25, -0.2) is 4.79 Å². The van der Waals surface area contributed by atoms with Gasteiger partial charge < -0.3 is 30.2 Å². The lowest BCUT2D eigenvalue weighted by Crippen LogP contribution is -2.37. The van der Waals surface area contributed by atoms with Gasteiger partial charge in [0, 0.05) is 31.9 Å². The van der Waals surface area contributed by atoms with Gasteiger partial charge in [-0.1, -0.05) is 6.92 Å². The van der Waals surface area contributed by atoms with E-state index in [2.05, 4.69) is 10.3 Å². The van der Waals surface area contributed by atoms with Crippen molar-refractivity contribution in [2.45, 2.75) is 33.3 Å². The monoisotopic (exact) mass is 380 g/mol. The van der Waals surface area contributed by atoms with Crippen molar-refractivity contribution in [1.82, 2.24) is 4.90 Å². The summed E-state index contributed by atoms with van der Waals surface area (Å²) in [5.74, 6) is 1.64. The van der Waals surface area contributed by atoms with Crippen LogP contribution in [0.25, 0.3) is 0 Å². The van der Waals surface area contributed by atoms with Crippen LogP contribution in [0.15, 0.2) is 23.2 Å². The molecule has 0 fully saturated rings. The lowest BCUT2D eigenvalue weighted by atomic mass is 10.2. The van der Waals surface area contributed by atoms with Crippen LogP contribution >= 0.6 is 0 Å². The van der Waals surface area contributed by atoms with E-state index in [1.807, 2.05) is 33.8 Å². The molecular formula is C19H32N4O4. The second-order valence-electron chi connectivity index (χ2n) is 7.39. The van der Waals surface area contributed by atoms with Crippen LogP contribution in [0.5, 0.6) is 11.5 Å². The van der Waals surface area contributed by atoms with Gasteiger partial charge in [-0.3, -0.25) is 4.99 Å². The summed E-state index contributed by atoms with van der Waals surface area (Å²) in [6.07, 6.45) is -0.352. The molecule has 1 amide bonds. The maximum absolute atomic E-state index is 12.0. The van der Waals surface area contributed by atoms with Gasteiger partial charge in [-0.05, 0) is 38.8 Å². The Morgan fingerprint density at radius 2 is 1.89 bits per heavy atom. The van der Waals surface area contributed by atoms with Crippen molar-refractivity contribution in [2.24, 2.45) is 16.6 Å². The highest BCUT2D eigenvalue weighted by Crippen LogP contribution is 2.29. The number of carbonyl (C=O) groups excluding carboxylic acids is 1. The summed E-state index contributed by atoms with van der Waals surface area (Å²) in [4.78, 5) is 17.9. The van der Waals surface area contributed by atoms with Crippen molar-refractivity contribution in [3.63, 3.8) is 0 Å². The van der Waals surface area contributed by atoms with E-state index in [4.69, 9.17) is 19.9 Å². The molecule has 1 rings (SSSR count). The van der Waals surface area contributed by atoms with Gasteiger partial charge in [-0.15, -0.1) is 0 Å². The number of rotatable bonds is 7. The van der Waals surface area contributed by atoms with E-state index < -0.39 is 5.60 Å². The van der Waals surface area contributed by atoms with E-state index in [9.17, 15) is 4.79 Å². The number of carbonyl (C=O) groups is 1. The van der Waals surface area contributed by atoms with E-state index in [0.29, 0.717) is 24.6 Å². The van der Waals surface area contributed by atoms with Crippen LogP contribution in [-0.4, -0.2) is 56.9 Å². The second-order valence-corrected chi connectivity index (χ2v) is 7.39. The molecule has 0 saturated carbocycles. The summed E-state index contributed by atoms with van der Waals surface area (Å²) in [5, 5.41) is 3.02. The largest absolute Gasteiger partial charge is 0.493 e. The number of aliphatic imine (C=N–C) groups is 1. The highest BCUT2D eigenvalue weighted by Gasteiger charge is 2.20. The summed E-state index contributed by atoms with van der Waals surface area (Å²) in [6, 6.07) is 5.39. The van der Waals surface area contributed by atoms with Gasteiger partial charge in [0.05, 0.1) is 14.2 Å². The quantitative estimate of drug-likeness (QED) is 0.557. The molecule has 3 N–H and O–H groups in total. The van der Waals surface area contributed by atoms with E-state index >= 15 is 0 Å². The van der Waals surface area contributed by atoms with Gasteiger partial charge in [0.1, 0.15) is 5.60 Å². The first kappa shape index (κ1) is 22.4. The zero-order chi connectivity index (χ0) is 20.6. The molecule has 0 bridgehead atoms. The number of amides is 1. The Balaban J connectivity index is 2.57. The minimum atomic E-state index is -0.513. The zero-order valence-corrected chi connectivity index (χ0v) is 17.3. The molecule has 1 aromatic carbocycles. The normalized spacial score (nSPS) is 12.9. The number of ether oxygens (including phenoxy) is 3. The molecule has 27 heavy (non-hydrogen) atoms. The molecule has 8 nitrogen and oxygen atoms in total. The Labute approximate surface area is 161 Å². The fourth-order valence-corrected chi connectivity index (χ4v) is 2.30. The van der Waals surface area contributed by atoms with E-state index in [1.165, 1.54) is 0 Å². The maximum atomic E-state index is 12.0. The fraction of sp³-hybridized carbons (Fsp3) is 0.579. The average Bonchev–Trinajstić information content (AvgIpc) is 2.58. The molecule has 0 aliphatic carbocycles. The molecule has 1 aromatic rings. The number of benzene rings is 1. The molecule has 0 aromatic heterocycles. The fourth-order valence-electron chi connectivity index (χ4n) is 2.30. The van der Waals surface area contributed by atoms with E-state index in [1.54, 1.807) is 38.3 Å². The zero-order valence-electron chi connectivity index (χ0n) is 17.3. The third kappa shape index (κ3) is 8.06. The van der Waals surface area contributed by atoms with Gasteiger partial charge in [0.15, 0.2) is 17.5 Å². The summed E-state index contributed by atoms with van der Waals surface area (Å²) >= 11 is 0. The number of hydrogen-bond acceptors (Lipinski definition) is 5. The highest BCUT2D eigenvalue weighted by molar-refractivity contribution is 5.92. The summed E-state index contributed by atoms with van der Waals surface area (Å²) < 4.78 is 15.8. The van der Waals surface area contributed by atoms with Gasteiger partial charge in [-0.2, -0.15) is 0 Å². The topological polar surface area (TPSA) is 98.4 Å². The molecule has 0 aliphatic heterocycles. The van der Waals surface area contributed by atoms with Crippen LogP contribution in [0, 0.1) is 5.92 Å². The Morgan fingerprint density at radius 1 is 1.26 bits per heavy atom. The van der Waals surface area contributed by atoms with Crippen LogP contribution in [0.1, 0.15) is 27.7 Å². The summed E-state index contributed by atoms with van der Waals surface area (Å²) in [5.41, 5.74) is 6.18. The smallest absolute Gasteiger partial charge is 0.410 e. The van der Waals surface area contributed by atoms with Crippen LogP contribution in [0.3, 0.4) is 0 Å². The van der Waals surface area contributed by atoms with Crippen LogP contribution in [0.2, 0.25) is 0 Å². The number of guanidine groups is 1. The van der Waals surface area contributed by atoms with Gasteiger partial charge in [0.25, 0.3) is 0 Å². The molecule has 1 atom stereocenters. The number of nitrogens with two attached hydrogens (primary N) is 1. The number of hydrogen-bond donors (Lipinski definition) is 2. The standard InChI is InChI=1S/C19H32N4O4/c1-13(12-23(5)18(24)27-19(2,3)4)11-21-17(20)22-14-8-9-15(25-6)16(10-14)26-7/h8-10,13H,11-12H2,1-7H3,(H3,20,21,22). The second kappa shape index (κ2) is 9.89. The van der Waals surface area contributed by atoms with Crippen molar-refractivity contribution in [3.8, 4) is 11.5 Å². The molecule has 0 heterocycles. The van der Waals surface area contributed by atoms with Crippen molar-refractivity contribution >= 4 is 17.7 Å². The van der Waals surface area contributed by atoms with Crippen molar-refractivity contribution in [2.75, 3.05) is 39.7 Å². The Bertz CT molecular complexity index is 656. The molecule has 0 spiro atoms. The van der Waals surface area contributed by atoms with Gasteiger partial charge >= 0.3 is 6.09 Å². The van der Waals surface area contributed by atoms with Gasteiger partial charge in [0.2, 0.25) is 0 Å². The predicted molar refractivity (Wildman–Crippen MR) is 108 cm³/mol. The first-order valence-electron chi connectivity index (χ1n) is 8.78. The van der Waals surface area contributed by atoms with Crippen LogP contribution in [0.4, 0.5) is 10.5 Å². The molecule has 0 saturated heterocycles. The SMILES string of the molecule is COc1ccc(NC(N)=NCC(C)CN(C)C(=O)OC(C)(C)C)cc1OC. The van der Waals surface area contributed by atoms with Crippen molar-refractivity contribution in [1.29, 1.82) is 0 Å². The Hall–Kier alpha value is -2.64. The number of methoxy groups -OCH3 is 2. The maximum Gasteiger partial charge on any atom is 0.410 e. The average molecular weight is 380 g/mol. The highest BCUT2D eigenvalue weighted by atomic mass is 16.6. The first-order chi connectivity index (χ1) is 12.6. The van der Waals surface area contributed by atoms with Crippen LogP contribution < -0.4 is 20.5 Å². The number of nitrogens with one attached hydrogen (secondary N) is 1. The van der Waals surface area contributed by atoms with Crippen LogP contribution in [-0.2, 0) is 4.74 Å².